The van der Waals surface area contributed by atoms with Gasteiger partial charge in [-0.15, -0.1) is 0 Å². The first-order valence-electron chi connectivity index (χ1n) is 4.97. The Hall–Kier alpha value is -0.940. The first kappa shape index (κ1) is 13.1. The smallest absolute Gasteiger partial charge is 0.147 e. The van der Waals surface area contributed by atoms with Crippen LogP contribution in [0.25, 0.3) is 0 Å². The minimum atomic E-state index is -3.04. The molecule has 0 aliphatic rings. The molecule has 1 rings (SSSR count). The summed E-state index contributed by atoms with van der Waals surface area (Å²) in [4.78, 5) is 0. The standard InChI is InChI=1S/C11H15FO3S/c1-16(14,15)7-6-11(13)8-9-2-4-10(12)5-3-9/h2-5,11,13H,6-8H2,1H3. The predicted octanol–water partition coefficient (Wildman–Crippen LogP) is 1.16. The summed E-state index contributed by atoms with van der Waals surface area (Å²) in [7, 11) is -3.04. The maximum atomic E-state index is 12.6. The van der Waals surface area contributed by atoms with Gasteiger partial charge in [0.25, 0.3) is 0 Å². The number of sulfone groups is 1. The zero-order valence-corrected chi connectivity index (χ0v) is 9.87. The molecule has 0 heterocycles. The van der Waals surface area contributed by atoms with Gasteiger partial charge in [-0.05, 0) is 30.5 Å². The molecule has 0 spiro atoms. The zero-order valence-electron chi connectivity index (χ0n) is 9.06. The van der Waals surface area contributed by atoms with Crippen molar-refractivity contribution < 1.29 is 17.9 Å². The first-order chi connectivity index (χ1) is 7.37. The highest BCUT2D eigenvalue weighted by Gasteiger charge is 2.10. The highest BCUT2D eigenvalue weighted by Crippen LogP contribution is 2.08. The van der Waals surface area contributed by atoms with Gasteiger partial charge in [-0.25, -0.2) is 12.8 Å². The SMILES string of the molecule is CS(=O)(=O)CCC(O)Cc1ccc(F)cc1. The molecule has 1 N–H and O–H groups in total. The van der Waals surface area contributed by atoms with Crippen LogP contribution in [0, 0.1) is 5.82 Å². The Kier molecular flexibility index (Phi) is 4.44. The fraction of sp³-hybridized carbons (Fsp3) is 0.455. The van der Waals surface area contributed by atoms with Crippen LogP contribution in [0.5, 0.6) is 0 Å². The summed E-state index contributed by atoms with van der Waals surface area (Å²) in [6, 6.07) is 5.80. The summed E-state index contributed by atoms with van der Waals surface area (Å²) in [5.41, 5.74) is 0.794. The fourth-order valence-electron chi connectivity index (χ4n) is 1.34. The van der Waals surface area contributed by atoms with Crippen molar-refractivity contribution in [3.8, 4) is 0 Å². The maximum absolute atomic E-state index is 12.6. The second kappa shape index (κ2) is 5.41. The summed E-state index contributed by atoms with van der Waals surface area (Å²) in [6.07, 6.45) is 0.976. The van der Waals surface area contributed by atoms with Crippen LogP contribution in [0.4, 0.5) is 4.39 Å². The van der Waals surface area contributed by atoms with Crippen LogP contribution in [0.15, 0.2) is 24.3 Å². The minimum Gasteiger partial charge on any atom is -0.393 e. The number of hydrogen-bond donors (Lipinski definition) is 1. The van der Waals surface area contributed by atoms with Gasteiger partial charge in [0, 0.05) is 6.26 Å². The van der Waals surface area contributed by atoms with Crippen molar-refractivity contribution in [2.75, 3.05) is 12.0 Å². The van der Waals surface area contributed by atoms with Crippen LogP contribution >= 0.6 is 0 Å². The van der Waals surface area contributed by atoms with Crippen molar-refractivity contribution in [3.05, 3.63) is 35.6 Å². The Balaban J connectivity index is 2.45. The summed E-state index contributed by atoms with van der Waals surface area (Å²) in [5.74, 6) is -0.357. The van der Waals surface area contributed by atoms with Crippen LogP contribution in [0.2, 0.25) is 0 Å². The Morgan fingerprint density at radius 1 is 1.31 bits per heavy atom. The van der Waals surface area contributed by atoms with E-state index in [0.717, 1.165) is 11.8 Å². The van der Waals surface area contributed by atoms with Crippen molar-refractivity contribution in [3.63, 3.8) is 0 Å². The summed E-state index contributed by atoms with van der Waals surface area (Å²) >= 11 is 0. The van der Waals surface area contributed by atoms with Gasteiger partial charge in [0.1, 0.15) is 15.7 Å². The fourth-order valence-corrected chi connectivity index (χ4v) is 2.04. The lowest BCUT2D eigenvalue weighted by molar-refractivity contribution is 0.171. The quantitative estimate of drug-likeness (QED) is 0.848. The van der Waals surface area contributed by atoms with E-state index in [1.165, 1.54) is 12.1 Å². The van der Waals surface area contributed by atoms with E-state index in [2.05, 4.69) is 0 Å². The van der Waals surface area contributed by atoms with Crippen molar-refractivity contribution in [2.45, 2.75) is 18.9 Å². The van der Waals surface area contributed by atoms with Gasteiger partial charge in [0.2, 0.25) is 0 Å². The van der Waals surface area contributed by atoms with Gasteiger partial charge in [0.05, 0.1) is 11.9 Å². The number of benzene rings is 1. The molecule has 1 aromatic carbocycles. The molecular weight excluding hydrogens is 231 g/mol. The minimum absolute atomic E-state index is 0.0324. The molecule has 1 unspecified atom stereocenters. The van der Waals surface area contributed by atoms with Crippen LogP contribution in [0.3, 0.4) is 0 Å². The van der Waals surface area contributed by atoms with E-state index in [9.17, 15) is 17.9 Å². The van der Waals surface area contributed by atoms with Crippen molar-refractivity contribution in [1.82, 2.24) is 0 Å². The van der Waals surface area contributed by atoms with Crippen LogP contribution in [-0.2, 0) is 16.3 Å². The summed E-state index contributed by atoms with van der Waals surface area (Å²) in [5, 5.41) is 9.58. The zero-order chi connectivity index (χ0) is 12.2. The number of aliphatic hydroxyl groups excluding tert-OH is 1. The van der Waals surface area contributed by atoms with Gasteiger partial charge >= 0.3 is 0 Å². The molecule has 0 amide bonds. The molecule has 0 radical (unpaired) electrons. The van der Waals surface area contributed by atoms with Gasteiger partial charge in [-0.3, -0.25) is 0 Å². The molecule has 0 aliphatic carbocycles. The molecule has 0 saturated carbocycles. The summed E-state index contributed by atoms with van der Waals surface area (Å²) < 4.78 is 34.3. The Bertz CT molecular complexity index is 425. The number of rotatable bonds is 5. The monoisotopic (exact) mass is 246 g/mol. The predicted molar refractivity (Wildman–Crippen MR) is 60.4 cm³/mol. The Morgan fingerprint density at radius 3 is 2.38 bits per heavy atom. The molecule has 16 heavy (non-hydrogen) atoms. The molecule has 0 bridgehead atoms. The Labute approximate surface area is 94.8 Å². The van der Waals surface area contributed by atoms with Crippen LogP contribution in [0.1, 0.15) is 12.0 Å². The average molecular weight is 246 g/mol. The number of hydrogen-bond acceptors (Lipinski definition) is 3. The second-order valence-corrected chi connectivity index (χ2v) is 6.16. The van der Waals surface area contributed by atoms with Crippen LogP contribution < -0.4 is 0 Å². The van der Waals surface area contributed by atoms with E-state index in [-0.39, 0.29) is 18.0 Å². The van der Waals surface area contributed by atoms with Gasteiger partial charge in [0.15, 0.2) is 0 Å². The van der Waals surface area contributed by atoms with Crippen molar-refractivity contribution in [2.24, 2.45) is 0 Å². The molecule has 5 heteroatoms. The molecule has 1 aromatic rings. The molecule has 1 atom stereocenters. The van der Waals surface area contributed by atoms with Crippen molar-refractivity contribution in [1.29, 1.82) is 0 Å². The highest BCUT2D eigenvalue weighted by atomic mass is 32.2. The Morgan fingerprint density at radius 2 is 1.88 bits per heavy atom. The third-order valence-electron chi connectivity index (χ3n) is 2.21. The topological polar surface area (TPSA) is 54.4 Å². The molecule has 3 nitrogen and oxygen atoms in total. The lowest BCUT2D eigenvalue weighted by atomic mass is 10.1. The maximum Gasteiger partial charge on any atom is 0.147 e. The van der Waals surface area contributed by atoms with E-state index in [0.29, 0.717) is 6.42 Å². The summed E-state index contributed by atoms with van der Waals surface area (Å²) in [6.45, 7) is 0. The molecule has 90 valence electrons. The third-order valence-corrected chi connectivity index (χ3v) is 3.18. The first-order valence-corrected chi connectivity index (χ1v) is 7.03. The normalized spacial score (nSPS) is 13.7. The molecule has 0 aliphatic heterocycles. The van der Waals surface area contributed by atoms with Crippen molar-refractivity contribution >= 4 is 9.84 Å². The second-order valence-electron chi connectivity index (χ2n) is 3.90. The van der Waals surface area contributed by atoms with E-state index in [1.54, 1.807) is 12.1 Å². The molecule has 0 fully saturated rings. The molecular formula is C11H15FO3S. The van der Waals surface area contributed by atoms with Gasteiger partial charge in [-0.2, -0.15) is 0 Å². The number of halogens is 1. The van der Waals surface area contributed by atoms with Gasteiger partial charge in [-0.1, -0.05) is 12.1 Å². The number of aliphatic hydroxyl groups is 1. The lowest BCUT2D eigenvalue weighted by Crippen LogP contribution is -2.16. The average Bonchev–Trinajstić information content (AvgIpc) is 2.18. The van der Waals surface area contributed by atoms with E-state index in [4.69, 9.17) is 0 Å². The van der Waals surface area contributed by atoms with E-state index in [1.807, 2.05) is 0 Å². The molecule has 0 saturated heterocycles. The molecule has 0 aromatic heterocycles. The third kappa shape index (κ3) is 5.23. The highest BCUT2D eigenvalue weighted by molar-refractivity contribution is 7.90. The largest absolute Gasteiger partial charge is 0.393 e. The van der Waals surface area contributed by atoms with Gasteiger partial charge < -0.3 is 5.11 Å². The lowest BCUT2D eigenvalue weighted by Gasteiger charge is -2.09. The van der Waals surface area contributed by atoms with E-state index >= 15 is 0 Å². The van der Waals surface area contributed by atoms with Crippen LogP contribution in [-0.4, -0.2) is 31.6 Å². The van der Waals surface area contributed by atoms with E-state index < -0.39 is 15.9 Å².